The van der Waals surface area contributed by atoms with Gasteiger partial charge in [-0.05, 0) is 17.7 Å². The maximum atomic E-state index is 12.8. The van der Waals surface area contributed by atoms with Crippen molar-refractivity contribution in [3.8, 4) is 0 Å². The summed E-state index contributed by atoms with van der Waals surface area (Å²) in [6.45, 7) is -0.368. The Kier molecular flexibility index (Phi) is 3.31. The zero-order valence-electron chi connectivity index (χ0n) is 9.60. The standard InChI is InChI=1S/C11H7F6NO2/c12-10(13,14)5-1-2-6(7(3-5)11(15,16)17)8-4-20-9(19)18-8/h1-3,8H,4H2,(H,18,19)/t8-/m1/s1. The molecular formula is C11H7F6NO2. The number of alkyl halides is 6. The predicted octanol–water partition coefficient (Wildman–Crippen LogP) is 3.51. The first-order valence-corrected chi connectivity index (χ1v) is 5.30. The van der Waals surface area contributed by atoms with Crippen molar-refractivity contribution in [3.05, 3.63) is 34.9 Å². The van der Waals surface area contributed by atoms with Crippen molar-refractivity contribution in [3.63, 3.8) is 0 Å². The van der Waals surface area contributed by atoms with E-state index in [1.165, 1.54) is 0 Å². The average molecular weight is 299 g/mol. The van der Waals surface area contributed by atoms with Crippen LogP contribution in [0.1, 0.15) is 22.7 Å². The van der Waals surface area contributed by atoms with Crippen LogP contribution in [-0.2, 0) is 17.1 Å². The molecule has 1 fully saturated rings. The molecule has 9 heteroatoms. The molecule has 0 radical (unpaired) electrons. The highest BCUT2D eigenvalue weighted by Gasteiger charge is 2.40. The van der Waals surface area contributed by atoms with E-state index in [0.717, 1.165) is 0 Å². The lowest BCUT2D eigenvalue weighted by Gasteiger charge is -2.18. The van der Waals surface area contributed by atoms with Crippen molar-refractivity contribution < 1.29 is 35.9 Å². The molecule has 0 aliphatic carbocycles. The summed E-state index contributed by atoms with van der Waals surface area (Å²) in [7, 11) is 0. The molecule has 0 unspecified atom stereocenters. The Morgan fingerprint density at radius 1 is 1.10 bits per heavy atom. The lowest BCUT2D eigenvalue weighted by molar-refractivity contribution is -0.143. The van der Waals surface area contributed by atoms with Crippen molar-refractivity contribution in [1.29, 1.82) is 0 Å². The van der Waals surface area contributed by atoms with Gasteiger partial charge < -0.3 is 10.1 Å². The van der Waals surface area contributed by atoms with Crippen LogP contribution in [0.25, 0.3) is 0 Å². The molecule has 1 atom stereocenters. The van der Waals surface area contributed by atoms with Gasteiger partial charge in [0.25, 0.3) is 0 Å². The van der Waals surface area contributed by atoms with Crippen molar-refractivity contribution in [1.82, 2.24) is 5.32 Å². The van der Waals surface area contributed by atoms with Crippen LogP contribution in [0.5, 0.6) is 0 Å². The first kappa shape index (κ1) is 14.5. The van der Waals surface area contributed by atoms with Crippen LogP contribution in [0.4, 0.5) is 31.1 Å². The van der Waals surface area contributed by atoms with Crippen LogP contribution >= 0.6 is 0 Å². The zero-order valence-corrected chi connectivity index (χ0v) is 9.60. The molecule has 1 amide bonds. The molecule has 1 heterocycles. The number of benzene rings is 1. The number of carbonyl (C=O) groups is 1. The highest BCUT2D eigenvalue weighted by atomic mass is 19.4. The normalized spacial score (nSPS) is 19.7. The molecule has 1 aliphatic heterocycles. The van der Waals surface area contributed by atoms with E-state index in [0.29, 0.717) is 12.1 Å². The van der Waals surface area contributed by atoms with Gasteiger partial charge in [-0.1, -0.05) is 6.07 Å². The summed E-state index contributed by atoms with van der Waals surface area (Å²) in [5.41, 5.74) is -3.31. The number of nitrogens with one attached hydrogen (secondary N) is 1. The van der Waals surface area contributed by atoms with Crippen LogP contribution < -0.4 is 5.32 Å². The SMILES string of the molecule is O=C1N[C@@H](c2ccc(C(F)(F)F)cc2C(F)(F)F)CO1. The summed E-state index contributed by atoms with van der Waals surface area (Å²) in [6.07, 6.45) is -10.8. The van der Waals surface area contributed by atoms with E-state index in [-0.39, 0.29) is 12.7 Å². The first-order valence-electron chi connectivity index (χ1n) is 5.30. The highest BCUT2D eigenvalue weighted by molar-refractivity contribution is 5.70. The van der Waals surface area contributed by atoms with Gasteiger partial charge in [0.2, 0.25) is 0 Å². The topological polar surface area (TPSA) is 38.3 Å². The molecule has 0 aromatic heterocycles. The summed E-state index contributed by atoms with van der Waals surface area (Å²) < 4.78 is 80.4. The molecule has 3 nitrogen and oxygen atoms in total. The molecule has 1 saturated heterocycles. The van der Waals surface area contributed by atoms with Gasteiger partial charge >= 0.3 is 18.4 Å². The van der Waals surface area contributed by atoms with Crippen LogP contribution in [0, 0.1) is 0 Å². The van der Waals surface area contributed by atoms with Crippen molar-refractivity contribution in [2.24, 2.45) is 0 Å². The van der Waals surface area contributed by atoms with Gasteiger partial charge in [-0.3, -0.25) is 0 Å². The number of hydrogen-bond donors (Lipinski definition) is 1. The molecule has 110 valence electrons. The minimum atomic E-state index is -4.97. The minimum absolute atomic E-state index is 0.0276. The van der Waals surface area contributed by atoms with Gasteiger partial charge in [0.1, 0.15) is 6.61 Å². The quantitative estimate of drug-likeness (QED) is 0.806. The number of halogens is 6. The predicted molar refractivity (Wildman–Crippen MR) is 53.7 cm³/mol. The highest BCUT2D eigenvalue weighted by Crippen LogP contribution is 2.39. The molecule has 20 heavy (non-hydrogen) atoms. The molecule has 1 N–H and O–H groups in total. The summed E-state index contributed by atoms with van der Waals surface area (Å²) in [5, 5.41) is 2.10. The average Bonchev–Trinajstić information content (AvgIpc) is 2.72. The van der Waals surface area contributed by atoms with E-state index in [1.807, 2.05) is 0 Å². The van der Waals surface area contributed by atoms with E-state index in [2.05, 4.69) is 10.1 Å². The van der Waals surface area contributed by atoms with Crippen molar-refractivity contribution in [2.45, 2.75) is 18.4 Å². The second-order valence-electron chi connectivity index (χ2n) is 4.09. The maximum absolute atomic E-state index is 12.8. The number of ether oxygens (including phenoxy) is 1. The molecule has 2 rings (SSSR count). The molecule has 1 aromatic carbocycles. The Morgan fingerprint density at radius 2 is 1.75 bits per heavy atom. The Hall–Kier alpha value is -1.93. The Morgan fingerprint density at radius 3 is 2.20 bits per heavy atom. The van der Waals surface area contributed by atoms with E-state index in [1.54, 1.807) is 0 Å². The van der Waals surface area contributed by atoms with E-state index < -0.39 is 41.2 Å². The largest absolute Gasteiger partial charge is 0.447 e. The number of alkyl carbamates (subject to hydrolysis) is 1. The molecule has 0 spiro atoms. The van der Waals surface area contributed by atoms with Crippen molar-refractivity contribution in [2.75, 3.05) is 6.61 Å². The molecule has 1 aromatic rings. The second-order valence-corrected chi connectivity index (χ2v) is 4.09. The summed E-state index contributed by atoms with van der Waals surface area (Å²) in [6, 6.07) is 0.140. The van der Waals surface area contributed by atoms with Crippen LogP contribution in [-0.4, -0.2) is 12.7 Å². The second kappa shape index (κ2) is 4.57. The first-order chi connectivity index (χ1) is 9.09. The van der Waals surface area contributed by atoms with Gasteiger partial charge in [-0.15, -0.1) is 0 Å². The van der Waals surface area contributed by atoms with Gasteiger partial charge in [-0.25, -0.2) is 4.79 Å². The van der Waals surface area contributed by atoms with Crippen LogP contribution in [0.3, 0.4) is 0 Å². The fourth-order valence-electron chi connectivity index (χ4n) is 1.83. The molecule has 1 aliphatic rings. The summed E-state index contributed by atoms with van der Waals surface area (Å²) >= 11 is 0. The van der Waals surface area contributed by atoms with Gasteiger partial charge in [0.15, 0.2) is 0 Å². The smallest absolute Gasteiger partial charge is 0.416 e. The van der Waals surface area contributed by atoms with Gasteiger partial charge in [-0.2, -0.15) is 26.3 Å². The molecular weight excluding hydrogens is 292 g/mol. The van der Waals surface area contributed by atoms with Gasteiger partial charge in [0.05, 0.1) is 17.2 Å². The number of cyclic esters (lactones) is 1. The lowest BCUT2D eigenvalue weighted by atomic mass is 9.98. The summed E-state index contributed by atoms with van der Waals surface area (Å²) in [5.74, 6) is 0. The third-order valence-electron chi connectivity index (χ3n) is 2.73. The lowest BCUT2D eigenvalue weighted by Crippen LogP contribution is -2.22. The number of carbonyl (C=O) groups excluding carboxylic acids is 1. The third kappa shape index (κ3) is 2.81. The maximum Gasteiger partial charge on any atom is 0.416 e. The Bertz CT molecular complexity index is 537. The monoisotopic (exact) mass is 299 g/mol. The summed E-state index contributed by atoms with van der Waals surface area (Å²) in [4.78, 5) is 10.8. The van der Waals surface area contributed by atoms with Crippen LogP contribution in [0.2, 0.25) is 0 Å². The third-order valence-corrected chi connectivity index (χ3v) is 2.73. The molecule has 0 bridgehead atoms. The van der Waals surface area contributed by atoms with Crippen molar-refractivity contribution >= 4 is 6.09 Å². The fourth-order valence-corrected chi connectivity index (χ4v) is 1.83. The molecule has 0 saturated carbocycles. The van der Waals surface area contributed by atoms with Gasteiger partial charge in [0, 0.05) is 0 Å². The van der Waals surface area contributed by atoms with E-state index in [4.69, 9.17) is 0 Å². The van der Waals surface area contributed by atoms with Crippen LogP contribution in [0.15, 0.2) is 18.2 Å². The number of hydrogen-bond acceptors (Lipinski definition) is 2. The van der Waals surface area contributed by atoms with E-state index >= 15 is 0 Å². The number of rotatable bonds is 1. The van der Waals surface area contributed by atoms with E-state index in [9.17, 15) is 31.1 Å². The fraction of sp³-hybridized carbons (Fsp3) is 0.364. The number of amides is 1. The Labute approximate surface area is 108 Å². The zero-order chi connectivity index (χ0) is 15.1. The minimum Gasteiger partial charge on any atom is -0.447 e. The Balaban J connectivity index is 2.49.